The van der Waals surface area contributed by atoms with E-state index >= 15 is 0 Å². The molecule has 0 rings (SSSR count). The Bertz CT molecular complexity index is 488. The van der Waals surface area contributed by atoms with Gasteiger partial charge in [0.1, 0.15) is 6.61 Å². The minimum atomic E-state index is -0.730. The van der Waals surface area contributed by atoms with Gasteiger partial charge in [-0.05, 0) is 25.8 Å². The van der Waals surface area contributed by atoms with Gasteiger partial charge >= 0.3 is 6.09 Å². The van der Waals surface area contributed by atoms with Crippen molar-refractivity contribution in [3.05, 3.63) is 0 Å². The molecular formula is C18H33N3O8. The van der Waals surface area contributed by atoms with Gasteiger partial charge in [0.05, 0.1) is 33.4 Å². The Labute approximate surface area is 170 Å². The van der Waals surface area contributed by atoms with Crippen molar-refractivity contribution in [3.8, 4) is 0 Å². The second-order valence-corrected chi connectivity index (χ2v) is 6.04. The number of Topliss-reactive ketones (excluding diaryl/α,β-unsaturated/α-hetero) is 2. The van der Waals surface area contributed by atoms with Crippen molar-refractivity contribution in [2.24, 2.45) is 5.73 Å². The normalized spacial score (nSPS) is 10.4. The van der Waals surface area contributed by atoms with Crippen molar-refractivity contribution < 1.29 is 38.4 Å². The maximum Gasteiger partial charge on any atom is 0.407 e. The van der Waals surface area contributed by atoms with Crippen molar-refractivity contribution >= 4 is 23.6 Å². The maximum atomic E-state index is 11.7. The molecule has 0 radical (unpaired) electrons. The van der Waals surface area contributed by atoms with E-state index in [9.17, 15) is 19.2 Å². The van der Waals surface area contributed by atoms with Crippen molar-refractivity contribution in [1.29, 1.82) is 0 Å². The van der Waals surface area contributed by atoms with Crippen LogP contribution in [0.5, 0.6) is 0 Å². The largest absolute Gasteiger partial charge is 0.447 e. The minimum Gasteiger partial charge on any atom is -0.447 e. The van der Waals surface area contributed by atoms with Gasteiger partial charge in [0.2, 0.25) is 5.91 Å². The summed E-state index contributed by atoms with van der Waals surface area (Å²) in [5.74, 6) is -0.814. The highest BCUT2D eigenvalue weighted by Crippen LogP contribution is 1.97. The zero-order valence-electron chi connectivity index (χ0n) is 17.0. The van der Waals surface area contributed by atoms with Crippen molar-refractivity contribution in [2.75, 3.05) is 53.2 Å². The summed E-state index contributed by atoms with van der Waals surface area (Å²) < 4.78 is 9.99. The number of hydrogen-bond donors (Lipinski definition) is 3. The van der Waals surface area contributed by atoms with Gasteiger partial charge in [-0.3, -0.25) is 14.4 Å². The molecule has 0 aromatic carbocycles. The molecule has 2 amide bonds. The molecule has 0 aliphatic heterocycles. The first-order chi connectivity index (χ1) is 14.0. The molecule has 168 valence electrons. The Balaban J connectivity index is 3.64. The summed E-state index contributed by atoms with van der Waals surface area (Å²) in [4.78, 5) is 55.5. The minimum absolute atomic E-state index is 0.0448. The molecule has 0 aliphatic carbocycles. The van der Waals surface area contributed by atoms with Gasteiger partial charge in [-0.2, -0.15) is 0 Å². The summed E-state index contributed by atoms with van der Waals surface area (Å²) in [5.41, 5.74) is 5.31. The fourth-order valence-corrected chi connectivity index (χ4v) is 1.98. The molecule has 0 atom stereocenters. The number of ketones is 2. The molecule has 0 bridgehead atoms. The molecule has 0 heterocycles. The van der Waals surface area contributed by atoms with E-state index in [1.54, 1.807) is 0 Å². The standard InChI is InChI=1S/C18H33N3O8/c1-26-29-10-3-2-5-15(22)13-20-17(24)7-6-16(23)14-21-18(25)28-12-11-27-9-4-8-19/h2-14,19H2,1H3,(H,20,24)(H,21,25). The number of rotatable bonds is 19. The molecule has 0 spiro atoms. The Hall–Kier alpha value is -2.08. The predicted molar refractivity (Wildman–Crippen MR) is 103 cm³/mol. The molecule has 0 aromatic heterocycles. The van der Waals surface area contributed by atoms with Crippen molar-refractivity contribution in [1.82, 2.24) is 10.6 Å². The Morgan fingerprint density at radius 3 is 2.24 bits per heavy atom. The first-order valence-corrected chi connectivity index (χ1v) is 9.63. The molecule has 0 saturated heterocycles. The van der Waals surface area contributed by atoms with Crippen LogP contribution >= 0.6 is 0 Å². The second-order valence-electron chi connectivity index (χ2n) is 6.04. The molecule has 11 nitrogen and oxygen atoms in total. The van der Waals surface area contributed by atoms with Crippen LogP contribution in [0, 0.1) is 0 Å². The third kappa shape index (κ3) is 19.0. The lowest BCUT2D eigenvalue weighted by Crippen LogP contribution is -2.32. The van der Waals surface area contributed by atoms with Gasteiger partial charge in [-0.1, -0.05) is 0 Å². The van der Waals surface area contributed by atoms with Crippen LogP contribution in [0.2, 0.25) is 0 Å². The topological polar surface area (TPSA) is 155 Å². The van der Waals surface area contributed by atoms with E-state index in [0.29, 0.717) is 39.0 Å². The van der Waals surface area contributed by atoms with Crippen LogP contribution in [-0.2, 0) is 33.6 Å². The van der Waals surface area contributed by atoms with Crippen LogP contribution in [0.25, 0.3) is 0 Å². The molecular weight excluding hydrogens is 386 g/mol. The fourth-order valence-electron chi connectivity index (χ4n) is 1.98. The number of nitrogens with two attached hydrogens (primary N) is 1. The number of unbranched alkanes of at least 4 members (excludes halogenated alkanes) is 1. The Morgan fingerprint density at radius 2 is 1.52 bits per heavy atom. The molecule has 0 aromatic rings. The zero-order valence-corrected chi connectivity index (χ0v) is 17.0. The number of alkyl carbamates (subject to hydrolysis) is 1. The summed E-state index contributed by atoms with van der Waals surface area (Å²) >= 11 is 0. The lowest BCUT2D eigenvalue weighted by atomic mass is 10.1. The SMILES string of the molecule is COOCCCCC(=O)CNC(=O)CCC(=O)CNC(=O)OCCOCCCN. The van der Waals surface area contributed by atoms with Gasteiger partial charge in [0.25, 0.3) is 0 Å². The number of carbonyl (C=O) groups excluding carboxylic acids is 4. The fraction of sp³-hybridized carbons (Fsp3) is 0.778. The van der Waals surface area contributed by atoms with Crippen LogP contribution in [0.1, 0.15) is 38.5 Å². The quantitative estimate of drug-likeness (QED) is 0.147. The van der Waals surface area contributed by atoms with E-state index in [2.05, 4.69) is 20.4 Å². The summed E-state index contributed by atoms with van der Waals surface area (Å²) in [6, 6.07) is 0. The van der Waals surface area contributed by atoms with Gasteiger partial charge in [-0.15, -0.1) is 0 Å². The third-order valence-corrected chi connectivity index (χ3v) is 3.55. The molecule has 11 heteroatoms. The number of hydrogen-bond acceptors (Lipinski definition) is 9. The van der Waals surface area contributed by atoms with Gasteiger partial charge in [0, 0.05) is 25.9 Å². The van der Waals surface area contributed by atoms with Crippen LogP contribution in [0.3, 0.4) is 0 Å². The Kier molecular flexibility index (Phi) is 17.9. The first-order valence-electron chi connectivity index (χ1n) is 9.63. The molecule has 0 unspecified atom stereocenters. The average Bonchev–Trinajstić information content (AvgIpc) is 2.71. The van der Waals surface area contributed by atoms with E-state index in [0.717, 1.165) is 6.42 Å². The van der Waals surface area contributed by atoms with Crippen molar-refractivity contribution in [3.63, 3.8) is 0 Å². The maximum absolute atomic E-state index is 11.7. The second kappa shape index (κ2) is 19.2. The van der Waals surface area contributed by atoms with Gasteiger partial charge in [0.15, 0.2) is 11.6 Å². The van der Waals surface area contributed by atoms with Crippen molar-refractivity contribution in [2.45, 2.75) is 38.5 Å². The highest BCUT2D eigenvalue weighted by molar-refractivity contribution is 5.89. The monoisotopic (exact) mass is 419 g/mol. The Morgan fingerprint density at radius 1 is 0.793 bits per heavy atom. The molecule has 0 aliphatic rings. The third-order valence-electron chi connectivity index (χ3n) is 3.55. The number of nitrogens with one attached hydrogen (secondary N) is 2. The number of ether oxygens (including phenoxy) is 2. The highest BCUT2D eigenvalue weighted by Gasteiger charge is 2.10. The first kappa shape index (κ1) is 26.9. The summed E-state index contributed by atoms with van der Waals surface area (Å²) in [6.45, 7) is 1.45. The van der Waals surface area contributed by atoms with Crippen LogP contribution in [0.15, 0.2) is 0 Å². The van der Waals surface area contributed by atoms with Crippen LogP contribution in [-0.4, -0.2) is 76.7 Å². The van der Waals surface area contributed by atoms with E-state index in [1.165, 1.54) is 7.11 Å². The smallest absolute Gasteiger partial charge is 0.407 e. The highest BCUT2D eigenvalue weighted by atomic mass is 17.2. The lowest BCUT2D eigenvalue weighted by molar-refractivity contribution is -0.272. The summed E-state index contributed by atoms with van der Waals surface area (Å²) in [6.07, 6.45) is 1.54. The lowest BCUT2D eigenvalue weighted by Gasteiger charge is -2.07. The summed E-state index contributed by atoms with van der Waals surface area (Å²) in [7, 11) is 1.41. The molecule has 0 fully saturated rings. The average molecular weight is 419 g/mol. The van der Waals surface area contributed by atoms with E-state index in [-0.39, 0.29) is 50.7 Å². The van der Waals surface area contributed by atoms with Gasteiger partial charge < -0.3 is 25.8 Å². The molecule has 4 N–H and O–H groups in total. The molecule has 0 saturated carbocycles. The number of amides is 2. The van der Waals surface area contributed by atoms with E-state index in [4.69, 9.17) is 15.2 Å². The number of carbonyl (C=O) groups is 4. The van der Waals surface area contributed by atoms with E-state index in [1.807, 2.05) is 0 Å². The van der Waals surface area contributed by atoms with E-state index < -0.39 is 12.0 Å². The van der Waals surface area contributed by atoms with Gasteiger partial charge in [-0.25, -0.2) is 14.6 Å². The van der Waals surface area contributed by atoms with Crippen LogP contribution < -0.4 is 16.4 Å². The molecule has 29 heavy (non-hydrogen) atoms. The zero-order chi connectivity index (χ0) is 21.7. The summed E-state index contributed by atoms with van der Waals surface area (Å²) in [5, 5.41) is 4.78. The predicted octanol–water partition coefficient (Wildman–Crippen LogP) is -0.139. The van der Waals surface area contributed by atoms with Crippen LogP contribution in [0.4, 0.5) is 4.79 Å².